The van der Waals surface area contributed by atoms with Gasteiger partial charge in [0.1, 0.15) is 5.75 Å². The van der Waals surface area contributed by atoms with E-state index in [4.69, 9.17) is 4.74 Å². The molecule has 9 heteroatoms. The molecular formula is C17H14F3N5O. The minimum atomic E-state index is -1.57. The number of anilines is 4. The smallest absolute Gasteiger partial charge is 0.249 e. The average molecular weight is 361 g/mol. The third-order valence-electron chi connectivity index (χ3n) is 3.28. The average Bonchev–Trinajstić information content (AvgIpc) is 2.64. The largest absolute Gasteiger partial charge is 0.494 e. The van der Waals surface area contributed by atoms with Crippen LogP contribution in [0.25, 0.3) is 0 Å². The van der Waals surface area contributed by atoms with Gasteiger partial charge in [-0.3, -0.25) is 0 Å². The molecule has 0 aliphatic heterocycles. The Morgan fingerprint density at radius 3 is 2.46 bits per heavy atom. The van der Waals surface area contributed by atoms with Crippen LogP contribution in [0.1, 0.15) is 6.92 Å². The van der Waals surface area contributed by atoms with Gasteiger partial charge in [-0.2, -0.15) is 10.1 Å². The van der Waals surface area contributed by atoms with E-state index >= 15 is 0 Å². The SMILES string of the molecule is CCOc1ccc(Nc2nncc(Nc3ccc(F)c(F)c3F)n2)cc1. The van der Waals surface area contributed by atoms with E-state index in [9.17, 15) is 13.2 Å². The summed E-state index contributed by atoms with van der Waals surface area (Å²) in [5.41, 5.74) is 0.419. The van der Waals surface area contributed by atoms with E-state index in [1.54, 1.807) is 24.3 Å². The number of ether oxygens (including phenoxy) is 1. The van der Waals surface area contributed by atoms with Gasteiger partial charge in [0, 0.05) is 5.69 Å². The van der Waals surface area contributed by atoms with E-state index in [1.807, 2.05) is 6.92 Å². The number of nitrogens with zero attached hydrogens (tertiary/aromatic N) is 3. The second kappa shape index (κ2) is 7.68. The summed E-state index contributed by atoms with van der Waals surface area (Å²) in [6.07, 6.45) is 1.23. The van der Waals surface area contributed by atoms with Crippen molar-refractivity contribution in [3.05, 3.63) is 60.0 Å². The predicted molar refractivity (Wildman–Crippen MR) is 90.3 cm³/mol. The summed E-state index contributed by atoms with van der Waals surface area (Å²) in [5, 5.41) is 13.0. The molecule has 0 aliphatic rings. The zero-order chi connectivity index (χ0) is 18.5. The number of nitrogens with one attached hydrogen (secondary N) is 2. The van der Waals surface area contributed by atoms with Crippen molar-refractivity contribution >= 4 is 23.1 Å². The van der Waals surface area contributed by atoms with Gasteiger partial charge in [0.05, 0.1) is 18.5 Å². The molecule has 3 aromatic rings. The van der Waals surface area contributed by atoms with E-state index in [0.29, 0.717) is 12.3 Å². The van der Waals surface area contributed by atoms with E-state index in [1.165, 1.54) is 6.20 Å². The molecule has 2 N–H and O–H groups in total. The number of halogens is 3. The van der Waals surface area contributed by atoms with Gasteiger partial charge in [-0.1, -0.05) is 0 Å². The van der Waals surface area contributed by atoms with Crippen molar-refractivity contribution in [2.45, 2.75) is 6.92 Å². The second-order valence-electron chi connectivity index (χ2n) is 5.10. The Labute approximate surface area is 147 Å². The molecule has 0 aliphatic carbocycles. The van der Waals surface area contributed by atoms with E-state index in [0.717, 1.165) is 17.9 Å². The van der Waals surface area contributed by atoms with Crippen LogP contribution in [0, 0.1) is 17.5 Å². The number of hydrogen-bond acceptors (Lipinski definition) is 6. The molecule has 0 saturated carbocycles. The third kappa shape index (κ3) is 4.00. The molecule has 0 unspecified atom stereocenters. The summed E-state index contributed by atoms with van der Waals surface area (Å²) >= 11 is 0. The maximum absolute atomic E-state index is 13.7. The maximum Gasteiger partial charge on any atom is 0.249 e. The molecule has 0 radical (unpaired) electrons. The molecule has 0 bridgehead atoms. The molecule has 26 heavy (non-hydrogen) atoms. The van der Waals surface area contributed by atoms with Crippen molar-refractivity contribution in [2.24, 2.45) is 0 Å². The summed E-state index contributed by atoms with van der Waals surface area (Å²) < 4.78 is 45.3. The lowest BCUT2D eigenvalue weighted by Gasteiger charge is -2.09. The Kier molecular flexibility index (Phi) is 5.16. The van der Waals surface area contributed by atoms with Gasteiger partial charge in [0.2, 0.25) is 5.95 Å². The minimum Gasteiger partial charge on any atom is -0.494 e. The molecule has 1 aromatic heterocycles. The lowest BCUT2D eigenvalue weighted by Crippen LogP contribution is -2.04. The van der Waals surface area contributed by atoms with Gasteiger partial charge in [-0.15, -0.1) is 5.10 Å². The highest BCUT2D eigenvalue weighted by molar-refractivity contribution is 5.59. The van der Waals surface area contributed by atoms with E-state index < -0.39 is 17.5 Å². The van der Waals surface area contributed by atoms with Crippen LogP contribution in [-0.4, -0.2) is 21.8 Å². The van der Waals surface area contributed by atoms with Crippen molar-refractivity contribution in [1.29, 1.82) is 0 Å². The summed E-state index contributed by atoms with van der Waals surface area (Å²) in [7, 11) is 0. The molecule has 6 nitrogen and oxygen atoms in total. The Morgan fingerprint density at radius 2 is 1.73 bits per heavy atom. The summed E-state index contributed by atoms with van der Waals surface area (Å²) in [5.74, 6) is -3.21. The molecule has 2 aromatic carbocycles. The molecule has 0 saturated heterocycles. The van der Waals surface area contributed by atoms with Gasteiger partial charge in [0.25, 0.3) is 0 Å². The first-order valence-corrected chi connectivity index (χ1v) is 7.67. The summed E-state index contributed by atoms with van der Waals surface area (Å²) in [4.78, 5) is 4.11. The quantitative estimate of drug-likeness (QED) is 0.642. The molecule has 134 valence electrons. The first kappa shape index (κ1) is 17.5. The molecule has 0 amide bonds. The van der Waals surface area contributed by atoms with E-state index in [2.05, 4.69) is 25.8 Å². The molecule has 0 spiro atoms. The summed E-state index contributed by atoms with van der Waals surface area (Å²) in [6, 6.07) is 8.97. The van der Waals surface area contributed by atoms with Crippen LogP contribution < -0.4 is 15.4 Å². The lowest BCUT2D eigenvalue weighted by molar-refractivity contribution is 0.340. The van der Waals surface area contributed by atoms with Crippen LogP contribution >= 0.6 is 0 Å². The topological polar surface area (TPSA) is 72.0 Å². The fourth-order valence-electron chi connectivity index (χ4n) is 2.11. The maximum atomic E-state index is 13.7. The van der Waals surface area contributed by atoms with Crippen molar-refractivity contribution < 1.29 is 17.9 Å². The normalized spacial score (nSPS) is 10.5. The standard InChI is InChI=1S/C17H14F3N5O/c1-2-26-11-5-3-10(4-6-11)22-17-24-14(9-21-25-17)23-13-8-7-12(18)15(19)16(13)20/h3-9H,2H2,1H3,(H2,22,23,24,25). The predicted octanol–water partition coefficient (Wildman–Crippen LogP) is 4.17. The highest BCUT2D eigenvalue weighted by atomic mass is 19.2. The Bertz CT molecular complexity index is 905. The molecule has 3 rings (SSSR count). The molecule has 0 atom stereocenters. The first-order valence-electron chi connectivity index (χ1n) is 7.67. The van der Waals surface area contributed by atoms with Gasteiger partial charge in [-0.05, 0) is 43.3 Å². The van der Waals surface area contributed by atoms with Crippen molar-refractivity contribution in [3.8, 4) is 5.75 Å². The fraction of sp³-hybridized carbons (Fsp3) is 0.118. The Hall–Kier alpha value is -3.36. The van der Waals surface area contributed by atoms with Gasteiger partial charge >= 0.3 is 0 Å². The van der Waals surface area contributed by atoms with Gasteiger partial charge in [0.15, 0.2) is 23.3 Å². The van der Waals surface area contributed by atoms with Crippen LogP contribution in [0.5, 0.6) is 5.75 Å². The number of aromatic nitrogens is 3. The molecular weight excluding hydrogens is 347 g/mol. The van der Waals surface area contributed by atoms with Crippen molar-refractivity contribution in [1.82, 2.24) is 15.2 Å². The van der Waals surface area contributed by atoms with Gasteiger partial charge < -0.3 is 15.4 Å². The fourth-order valence-corrected chi connectivity index (χ4v) is 2.11. The molecule has 1 heterocycles. The van der Waals surface area contributed by atoms with Crippen molar-refractivity contribution in [3.63, 3.8) is 0 Å². The molecule has 0 fully saturated rings. The number of hydrogen-bond donors (Lipinski definition) is 2. The third-order valence-corrected chi connectivity index (χ3v) is 3.28. The Morgan fingerprint density at radius 1 is 0.962 bits per heavy atom. The second-order valence-corrected chi connectivity index (χ2v) is 5.10. The monoisotopic (exact) mass is 361 g/mol. The summed E-state index contributed by atoms with van der Waals surface area (Å²) in [6.45, 7) is 2.45. The first-order chi connectivity index (χ1) is 12.6. The van der Waals surface area contributed by atoms with Crippen LogP contribution in [0.15, 0.2) is 42.6 Å². The number of rotatable bonds is 6. The minimum absolute atomic E-state index is 0.110. The van der Waals surface area contributed by atoms with E-state index in [-0.39, 0.29) is 17.5 Å². The van der Waals surface area contributed by atoms with Crippen LogP contribution in [0.4, 0.5) is 36.3 Å². The van der Waals surface area contributed by atoms with Crippen LogP contribution in [0.3, 0.4) is 0 Å². The zero-order valence-corrected chi connectivity index (χ0v) is 13.6. The van der Waals surface area contributed by atoms with Crippen LogP contribution in [-0.2, 0) is 0 Å². The van der Waals surface area contributed by atoms with Crippen LogP contribution in [0.2, 0.25) is 0 Å². The lowest BCUT2D eigenvalue weighted by atomic mass is 10.3. The number of benzene rings is 2. The van der Waals surface area contributed by atoms with Gasteiger partial charge in [-0.25, -0.2) is 13.2 Å². The van der Waals surface area contributed by atoms with Crippen molar-refractivity contribution in [2.75, 3.05) is 17.2 Å². The Balaban J connectivity index is 1.75. The highest BCUT2D eigenvalue weighted by Crippen LogP contribution is 2.23. The highest BCUT2D eigenvalue weighted by Gasteiger charge is 2.14. The zero-order valence-electron chi connectivity index (χ0n) is 13.6.